The second-order valence-electron chi connectivity index (χ2n) is 6.85. The van der Waals surface area contributed by atoms with E-state index in [1.54, 1.807) is 19.1 Å². The average molecular weight is 406 g/mol. The van der Waals surface area contributed by atoms with Gasteiger partial charge in [0.15, 0.2) is 0 Å². The van der Waals surface area contributed by atoms with E-state index in [-0.39, 0.29) is 11.3 Å². The number of rotatable bonds is 5. The van der Waals surface area contributed by atoms with Crippen LogP contribution < -0.4 is 15.4 Å². The van der Waals surface area contributed by atoms with Crippen molar-refractivity contribution < 1.29 is 32.3 Å². The lowest BCUT2D eigenvalue weighted by Gasteiger charge is -2.20. The second-order valence-corrected chi connectivity index (χ2v) is 6.85. The highest BCUT2D eigenvalue weighted by atomic mass is 19.4. The molecule has 0 bridgehead atoms. The van der Waals surface area contributed by atoms with Crippen LogP contribution in [0.4, 0.5) is 18.0 Å². The molecule has 0 aromatic heterocycles. The number of hydrogen-bond donors (Lipinski definition) is 2. The number of urea groups is 1. The fourth-order valence-corrected chi connectivity index (χ4v) is 2.86. The van der Waals surface area contributed by atoms with Crippen LogP contribution in [0.25, 0.3) is 0 Å². The van der Waals surface area contributed by atoms with Gasteiger partial charge in [-0.05, 0) is 55.7 Å². The number of nitrogens with one attached hydrogen (secondary N) is 2. The molecule has 9 heteroatoms. The van der Waals surface area contributed by atoms with Gasteiger partial charge in [0.05, 0.1) is 11.1 Å². The van der Waals surface area contributed by atoms with E-state index in [1.165, 1.54) is 18.2 Å². The monoisotopic (exact) mass is 406 g/mol. The summed E-state index contributed by atoms with van der Waals surface area (Å²) in [5, 5.41) is 4.76. The van der Waals surface area contributed by atoms with E-state index in [0.717, 1.165) is 23.8 Å². The van der Waals surface area contributed by atoms with Crippen molar-refractivity contribution in [1.29, 1.82) is 0 Å². The van der Waals surface area contributed by atoms with Gasteiger partial charge < -0.3 is 10.1 Å². The molecule has 0 radical (unpaired) electrons. The molecule has 2 aromatic carbocycles. The Morgan fingerprint density at radius 3 is 2.38 bits per heavy atom. The van der Waals surface area contributed by atoms with E-state index in [2.05, 4.69) is 10.6 Å². The van der Waals surface area contributed by atoms with E-state index in [4.69, 9.17) is 4.74 Å². The predicted octanol–water partition coefficient (Wildman–Crippen LogP) is 3.46. The number of carbonyl (C=O) groups excluding carboxylic acids is 3. The van der Waals surface area contributed by atoms with Crippen LogP contribution in [0.2, 0.25) is 0 Å². The third kappa shape index (κ3) is 4.74. The molecule has 6 nitrogen and oxygen atoms in total. The Morgan fingerprint density at radius 1 is 1.10 bits per heavy atom. The van der Waals surface area contributed by atoms with Gasteiger partial charge in [0.25, 0.3) is 5.91 Å². The molecule has 152 valence electrons. The van der Waals surface area contributed by atoms with Crippen LogP contribution in [0.3, 0.4) is 0 Å². The molecule has 1 aliphatic rings. The second kappa shape index (κ2) is 7.57. The fraction of sp³-hybridized carbons (Fsp3) is 0.250. The molecule has 0 aliphatic carbocycles. The lowest BCUT2D eigenvalue weighted by molar-refractivity contribution is -0.137. The molecular weight excluding hydrogens is 389 g/mol. The molecule has 3 amide bonds. The highest BCUT2D eigenvalue weighted by Crippen LogP contribution is 2.30. The summed E-state index contributed by atoms with van der Waals surface area (Å²) in [6.07, 6.45) is -3.70. The quantitative estimate of drug-likeness (QED) is 0.453. The summed E-state index contributed by atoms with van der Waals surface area (Å²) < 4.78 is 43.4. The van der Waals surface area contributed by atoms with Gasteiger partial charge in [-0.1, -0.05) is 18.2 Å². The zero-order valence-corrected chi connectivity index (χ0v) is 15.3. The minimum absolute atomic E-state index is 0.175. The minimum Gasteiger partial charge on any atom is -0.423 e. The summed E-state index contributed by atoms with van der Waals surface area (Å²) >= 11 is 0. The van der Waals surface area contributed by atoms with Crippen molar-refractivity contribution >= 4 is 17.9 Å². The van der Waals surface area contributed by atoms with Crippen LogP contribution in [0, 0.1) is 0 Å². The van der Waals surface area contributed by atoms with E-state index in [9.17, 15) is 27.6 Å². The van der Waals surface area contributed by atoms with Crippen LogP contribution in [0.1, 0.15) is 34.8 Å². The molecule has 0 saturated carbocycles. The number of imide groups is 1. The van der Waals surface area contributed by atoms with Crippen molar-refractivity contribution in [3.05, 3.63) is 65.2 Å². The van der Waals surface area contributed by atoms with Gasteiger partial charge in [0.2, 0.25) is 0 Å². The third-order valence-electron chi connectivity index (χ3n) is 4.59. The normalized spacial score (nSPS) is 18.9. The Bertz CT molecular complexity index is 957. The zero-order chi connectivity index (χ0) is 21.2. The van der Waals surface area contributed by atoms with Crippen LogP contribution in [-0.4, -0.2) is 23.4 Å². The largest absolute Gasteiger partial charge is 0.423 e. The van der Waals surface area contributed by atoms with Gasteiger partial charge in [-0.15, -0.1) is 0 Å². The first-order chi connectivity index (χ1) is 13.6. The fourth-order valence-electron chi connectivity index (χ4n) is 2.86. The number of aryl methyl sites for hydroxylation is 1. The van der Waals surface area contributed by atoms with Crippen molar-refractivity contribution in [3.63, 3.8) is 0 Å². The Balaban J connectivity index is 1.61. The van der Waals surface area contributed by atoms with E-state index in [0.29, 0.717) is 12.8 Å². The molecule has 29 heavy (non-hydrogen) atoms. The predicted molar refractivity (Wildman–Crippen MR) is 96.2 cm³/mol. The Kier molecular flexibility index (Phi) is 5.32. The maximum absolute atomic E-state index is 12.8. The Hall–Kier alpha value is -3.36. The number of benzene rings is 2. The topological polar surface area (TPSA) is 84.5 Å². The van der Waals surface area contributed by atoms with Crippen LogP contribution in [0.5, 0.6) is 5.75 Å². The summed E-state index contributed by atoms with van der Waals surface area (Å²) in [4.78, 5) is 35.2. The van der Waals surface area contributed by atoms with Crippen molar-refractivity contribution in [2.24, 2.45) is 0 Å². The standard InChI is InChI=1S/C20H17F3N2O4/c1-19(17(27)24-18(28)25-19)10-9-12-5-7-15(8-6-12)29-16(26)13-3-2-4-14(11-13)20(21,22)23/h2-8,11H,9-10H2,1H3,(H2,24,25,27,28)/t19-/m1/s1. The Labute approximate surface area is 164 Å². The molecule has 3 rings (SSSR count). The van der Waals surface area contributed by atoms with Gasteiger partial charge in [-0.25, -0.2) is 9.59 Å². The maximum atomic E-state index is 12.8. The first-order valence-corrected chi connectivity index (χ1v) is 8.69. The van der Waals surface area contributed by atoms with Crippen molar-refractivity contribution in [2.45, 2.75) is 31.5 Å². The lowest BCUT2D eigenvalue weighted by atomic mass is 9.93. The minimum atomic E-state index is -4.55. The molecular formula is C20H17F3N2O4. The molecule has 2 aromatic rings. The number of carbonyl (C=O) groups is 3. The summed E-state index contributed by atoms with van der Waals surface area (Å²) in [5.41, 5.74) is -1.30. The summed E-state index contributed by atoms with van der Waals surface area (Å²) in [7, 11) is 0. The maximum Gasteiger partial charge on any atom is 0.416 e. The van der Waals surface area contributed by atoms with Gasteiger partial charge in [0.1, 0.15) is 11.3 Å². The van der Waals surface area contributed by atoms with Crippen molar-refractivity contribution in [1.82, 2.24) is 10.6 Å². The van der Waals surface area contributed by atoms with Crippen molar-refractivity contribution in [3.8, 4) is 5.75 Å². The van der Waals surface area contributed by atoms with Gasteiger partial charge in [-0.3, -0.25) is 10.1 Å². The first kappa shape index (κ1) is 20.4. The molecule has 1 heterocycles. The van der Waals surface area contributed by atoms with Gasteiger partial charge in [0, 0.05) is 0 Å². The molecule has 1 fully saturated rings. The van der Waals surface area contributed by atoms with Gasteiger partial charge >= 0.3 is 18.2 Å². The zero-order valence-electron chi connectivity index (χ0n) is 15.3. The highest BCUT2D eigenvalue weighted by molar-refractivity contribution is 6.06. The molecule has 1 atom stereocenters. The third-order valence-corrected chi connectivity index (χ3v) is 4.59. The van der Waals surface area contributed by atoms with E-state index < -0.39 is 35.2 Å². The number of ether oxygens (including phenoxy) is 1. The number of amides is 3. The van der Waals surface area contributed by atoms with E-state index >= 15 is 0 Å². The van der Waals surface area contributed by atoms with Crippen LogP contribution in [-0.2, 0) is 17.4 Å². The number of halogens is 3. The van der Waals surface area contributed by atoms with Crippen molar-refractivity contribution in [2.75, 3.05) is 0 Å². The number of esters is 1. The molecule has 1 aliphatic heterocycles. The number of hydrogen-bond acceptors (Lipinski definition) is 4. The smallest absolute Gasteiger partial charge is 0.416 e. The van der Waals surface area contributed by atoms with Crippen LogP contribution in [0.15, 0.2) is 48.5 Å². The summed E-state index contributed by atoms with van der Waals surface area (Å²) in [6.45, 7) is 1.62. The molecule has 0 spiro atoms. The SMILES string of the molecule is C[C@]1(CCc2ccc(OC(=O)c3cccc(C(F)(F)F)c3)cc2)NC(=O)NC1=O. The summed E-state index contributed by atoms with van der Waals surface area (Å²) in [6, 6.07) is 9.83. The first-order valence-electron chi connectivity index (χ1n) is 8.69. The van der Waals surface area contributed by atoms with Gasteiger partial charge in [-0.2, -0.15) is 13.2 Å². The summed E-state index contributed by atoms with van der Waals surface area (Å²) in [5.74, 6) is -1.12. The highest BCUT2D eigenvalue weighted by Gasteiger charge is 2.41. The number of alkyl halides is 3. The molecule has 2 N–H and O–H groups in total. The molecule has 0 unspecified atom stereocenters. The lowest BCUT2D eigenvalue weighted by Crippen LogP contribution is -2.43. The van der Waals surface area contributed by atoms with Crippen LogP contribution >= 0.6 is 0 Å². The Morgan fingerprint density at radius 2 is 1.79 bits per heavy atom. The molecule has 1 saturated heterocycles. The average Bonchev–Trinajstić information content (AvgIpc) is 2.92. The van der Waals surface area contributed by atoms with E-state index in [1.807, 2.05) is 0 Å².